The van der Waals surface area contributed by atoms with Crippen LogP contribution in [0.1, 0.15) is 36.5 Å². The van der Waals surface area contributed by atoms with Crippen LogP contribution in [0.2, 0.25) is 0 Å². The number of hydrogen-bond acceptors (Lipinski definition) is 5. The summed E-state index contributed by atoms with van der Waals surface area (Å²) in [5.41, 5.74) is 0.968. The van der Waals surface area contributed by atoms with E-state index >= 15 is 0 Å². The minimum Gasteiger partial charge on any atom is -0.490 e. The minimum atomic E-state index is -0.843. The van der Waals surface area contributed by atoms with Gasteiger partial charge < -0.3 is 20.5 Å². The molecule has 0 aromatic heterocycles. The zero-order chi connectivity index (χ0) is 18.7. The van der Waals surface area contributed by atoms with Crippen molar-refractivity contribution in [2.75, 3.05) is 25.0 Å². The average molecular weight is 361 g/mol. The van der Waals surface area contributed by atoms with E-state index in [1.54, 1.807) is 18.2 Å². The summed E-state index contributed by atoms with van der Waals surface area (Å²) in [6.07, 6.45) is 1.78. The fourth-order valence-corrected chi connectivity index (χ4v) is 3.41. The Morgan fingerprint density at radius 3 is 2.81 bits per heavy atom. The summed E-state index contributed by atoms with van der Waals surface area (Å²) in [6.45, 7) is 2.92. The second-order valence-corrected chi connectivity index (χ2v) is 6.58. The Morgan fingerprint density at radius 2 is 2.12 bits per heavy atom. The second-order valence-electron chi connectivity index (χ2n) is 6.58. The molecule has 2 amide bonds. The third kappa shape index (κ3) is 3.96. The lowest BCUT2D eigenvalue weighted by Crippen LogP contribution is -2.55. The maximum atomic E-state index is 12.2. The summed E-state index contributed by atoms with van der Waals surface area (Å²) in [5, 5.41) is 14.5. The first-order valence-corrected chi connectivity index (χ1v) is 8.80. The molecule has 3 rings (SSSR count). The number of para-hydroxylation sites is 1. The molecule has 0 bridgehead atoms. The van der Waals surface area contributed by atoms with Gasteiger partial charge in [0.15, 0.2) is 11.5 Å². The molecular weight excluding hydrogens is 338 g/mol. The number of carbonyl (C=O) groups excluding carboxylic acids is 2. The minimum absolute atomic E-state index is 0.00457. The molecule has 0 saturated heterocycles. The van der Waals surface area contributed by atoms with E-state index in [1.165, 1.54) is 0 Å². The largest absolute Gasteiger partial charge is 0.490 e. The Bertz CT molecular complexity index is 715. The Kier molecular flexibility index (Phi) is 5.41. The van der Waals surface area contributed by atoms with Gasteiger partial charge in [-0.05, 0) is 31.5 Å². The average Bonchev–Trinajstić information content (AvgIpc) is 2.57. The molecule has 0 unspecified atom stereocenters. The number of anilines is 1. The number of urea groups is 1. The zero-order valence-electron chi connectivity index (χ0n) is 14.7. The van der Waals surface area contributed by atoms with Crippen LogP contribution in [0.3, 0.4) is 0 Å². The van der Waals surface area contributed by atoms with E-state index in [0.29, 0.717) is 36.6 Å². The molecule has 1 aromatic carbocycles. The summed E-state index contributed by atoms with van der Waals surface area (Å²) in [5.74, 6) is -0.413. The van der Waals surface area contributed by atoms with Crippen molar-refractivity contribution in [3.05, 3.63) is 23.8 Å². The number of benzene rings is 1. The van der Waals surface area contributed by atoms with Gasteiger partial charge in [0.1, 0.15) is 0 Å². The Balaban J connectivity index is 1.53. The van der Waals surface area contributed by atoms with E-state index in [0.717, 1.165) is 12.8 Å². The molecule has 1 aliphatic heterocycles. The van der Waals surface area contributed by atoms with Crippen molar-refractivity contribution < 1.29 is 24.2 Å². The number of hydrogen-bond donors (Lipinski definition) is 3. The molecule has 1 aliphatic carbocycles. The van der Waals surface area contributed by atoms with Crippen molar-refractivity contribution in [1.29, 1.82) is 0 Å². The van der Waals surface area contributed by atoms with Crippen molar-refractivity contribution in [2.24, 2.45) is 0 Å². The topological polar surface area (TPSA) is 108 Å². The van der Waals surface area contributed by atoms with E-state index in [9.17, 15) is 14.4 Å². The van der Waals surface area contributed by atoms with E-state index in [2.05, 4.69) is 10.6 Å². The molecule has 140 valence electrons. The number of fused-ring (bicyclic) bond motifs is 1. The van der Waals surface area contributed by atoms with Crippen LogP contribution >= 0.6 is 0 Å². The number of rotatable bonds is 6. The number of carboxylic acid groups (broad SMARTS) is 1. The third-order valence-electron chi connectivity index (χ3n) is 4.85. The first kappa shape index (κ1) is 18.2. The number of nitrogens with zero attached hydrogens (tertiary/aromatic N) is 1. The predicted octanol–water partition coefficient (Wildman–Crippen LogP) is 1.71. The van der Waals surface area contributed by atoms with Crippen LogP contribution in [0.5, 0.6) is 5.75 Å². The van der Waals surface area contributed by atoms with Gasteiger partial charge >= 0.3 is 12.0 Å². The molecule has 1 aromatic rings. The molecule has 0 radical (unpaired) electrons. The summed E-state index contributed by atoms with van der Waals surface area (Å²) < 4.78 is 5.55. The normalized spacial score (nSPS) is 21.4. The maximum absolute atomic E-state index is 12.2. The van der Waals surface area contributed by atoms with Crippen LogP contribution in [0, 0.1) is 0 Å². The number of aliphatic carboxylic acids is 1. The molecule has 8 nitrogen and oxygen atoms in total. The van der Waals surface area contributed by atoms with Gasteiger partial charge in [-0.2, -0.15) is 0 Å². The molecule has 1 saturated carbocycles. The van der Waals surface area contributed by atoms with Gasteiger partial charge in [0.25, 0.3) is 0 Å². The standard InChI is InChI=1S/C18H23N3O5/c1-2-21(10-16(23)24)12-8-11(9-12)19-18(25)20-14-5-3-4-13-15(22)6-7-26-17(13)14/h3-5,11-12H,2,6-10H2,1H3,(H,23,24)(H2,19,20,25). The van der Waals surface area contributed by atoms with Crippen LogP contribution in [0.4, 0.5) is 10.5 Å². The number of amides is 2. The highest BCUT2D eigenvalue weighted by molar-refractivity contribution is 6.03. The van der Waals surface area contributed by atoms with Crippen molar-refractivity contribution in [3.63, 3.8) is 0 Å². The highest BCUT2D eigenvalue weighted by Crippen LogP contribution is 2.33. The third-order valence-corrected chi connectivity index (χ3v) is 4.85. The van der Waals surface area contributed by atoms with E-state index in [4.69, 9.17) is 9.84 Å². The monoisotopic (exact) mass is 361 g/mol. The first-order chi connectivity index (χ1) is 12.5. The summed E-state index contributed by atoms with van der Waals surface area (Å²) in [6, 6.07) is 4.93. The smallest absolute Gasteiger partial charge is 0.319 e. The Hall–Kier alpha value is -2.61. The molecule has 3 N–H and O–H groups in total. The summed E-state index contributed by atoms with van der Waals surface area (Å²) in [4.78, 5) is 36.9. The predicted molar refractivity (Wildman–Crippen MR) is 94.7 cm³/mol. The van der Waals surface area contributed by atoms with Gasteiger partial charge in [0.2, 0.25) is 0 Å². The fraction of sp³-hybridized carbons (Fsp3) is 0.500. The number of likely N-dealkylation sites (N-methyl/N-ethyl adjacent to an activating group) is 1. The SMILES string of the molecule is CCN(CC(=O)O)C1CC(NC(=O)Nc2cccc3c2OCCC3=O)C1. The maximum Gasteiger partial charge on any atom is 0.319 e. The molecule has 8 heteroatoms. The van der Waals surface area contributed by atoms with Gasteiger partial charge in [-0.3, -0.25) is 14.5 Å². The van der Waals surface area contributed by atoms with Crippen LogP contribution in [0.25, 0.3) is 0 Å². The van der Waals surface area contributed by atoms with Gasteiger partial charge in [-0.15, -0.1) is 0 Å². The van der Waals surface area contributed by atoms with Crippen molar-refractivity contribution in [1.82, 2.24) is 10.2 Å². The Labute approximate surface area is 151 Å². The number of carbonyl (C=O) groups is 3. The number of nitrogens with one attached hydrogen (secondary N) is 2. The molecule has 2 aliphatic rings. The number of Topliss-reactive ketones (excluding diaryl/α,β-unsaturated/α-hetero) is 1. The fourth-order valence-electron chi connectivity index (χ4n) is 3.41. The van der Waals surface area contributed by atoms with Gasteiger partial charge in [0.05, 0.1) is 24.4 Å². The first-order valence-electron chi connectivity index (χ1n) is 8.80. The number of ether oxygens (including phenoxy) is 1. The van der Waals surface area contributed by atoms with Crippen LogP contribution in [0.15, 0.2) is 18.2 Å². The number of ketones is 1. The molecule has 1 fully saturated rings. The lowest BCUT2D eigenvalue weighted by Gasteiger charge is -2.42. The van der Waals surface area contributed by atoms with Crippen molar-refractivity contribution in [3.8, 4) is 5.75 Å². The highest BCUT2D eigenvalue weighted by Gasteiger charge is 2.34. The van der Waals surface area contributed by atoms with Gasteiger partial charge in [-0.1, -0.05) is 13.0 Å². The molecule has 0 spiro atoms. The molecular formula is C18H23N3O5. The van der Waals surface area contributed by atoms with Crippen molar-refractivity contribution >= 4 is 23.5 Å². The van der Waals surface area contributed by atoms with Crippen LogP contribution in [-0.4, -0.2) is 59.6 Å². The lowest BCUT2D eigenvalue weighted by atomic mass is 9.85. The lowest BCUT2D eigenvalue weighted by molar-refractivity contribution is -0.139. The van der Waals surface area contributed by atoms with Gasteiger partial charge in [-0.25, -0.2) is 4.79 Å². The molecule has 26 heavy (non-hydrogen) atoms. The zero-order valence-corrected chi connectivity index (χ0v) is 14.7. The van der Waals surface area contributed by atoms with Gasteiger partial charge in [0, 0.05) is 18.5 Å². The van der Waals surface area contributed by atoms with E-state index in [-0.39, 0.29) is 30.4 Å². The number of carboxylic acids is 1. The summed E-state index contributed by atoms with van der Waals surface area (Å²) >= 11 is 0. The quantitative estimate of drug-likeness (QED) is 0.712. The molecule has 0 atom stereocenters. The van der Waals surface area contributed by atoms with Crippen LogP contribution < -0.4 is 15.4 Å². The second kappa shape index (κ2) is 7.74. The van der Waals surface area contributed by atoms with E-state index < -0.39 is 5.97 Å². The van der Waals surface area contributed by atoms with Crippen molar-refractivity contribution in [2.45, 2.75) is 38.3 Å². The Morgan fingerprint density at radius 1 is 1.35 bits per heavy atom. The molecule has 1 heterocycles. The van der Waals surface area contributed by atoms with E-state index in [1.807, 2.05) is 11.8 Å². The summed E-state index contributed by atoms with van der Waals surface area (Å²) in [7, 11) is 0. The highest BCUT2D eigenvalue weighted by atomic mass is 16.5. The van der Waals surface area contributed by atoms with Crippen LogP contribution in [-0.2, 0) is 4.79 Å².